The van der Waals surface area contributed by atoms with Crippen LogP contribution in [-0.4, -0.2) is 64.7 Å². The predicted octanol–water partition coefficient (Wildman–Crippen LogP) is 2.51. The minimum absolute atomic E-state index is 0.102. The molecule has 0 saturated heterocycles. The fourth-order valence-electron chi connectivity index (χ4n) is 6.92. The van der Waals surface area contributed by atoms with Crippen molar-refractivity contribution in [1.29, 1.82) is 0 Å². The van der Waals surface area contributed by atoms with E-state index in [0.29, 0.717) is 24.7 Å². The number of carbonyl (C=O) groups is 1. The van der Waals surface area contributed by atoms with Gasteiger partial charge in [-0.05, 0) is 79.5 Å². The SMILES string of the molecule is C[C@]12CCC3c4ccc(O)cc4CCC3C1CC[C@]2(O)C(=O)NCCSCC(P(=O)(O)O)P(=O)(O)O. The minimum atomic E-state index is -4.98. The van der Waals surface area contributed by atoms with Gasteiger partial charge in [-0.15, -0.1) is 0 Å². The third-order valence-electron chi connectivity index (χ3n) is 8.81. The van der Waals surface area contributed by atoms with E-state index in [1.807, 2.05) is 19.1 Å². The van der Waals surface area contributed by atoms with Gasteiger partial charge in [0.25, 0.3) is 5.91 Å². The second-order valence-corrected chi connectivity index (χ2v) is 15.8. The molecule has 10 nitrogen and oxygen atoms in total. The lowest BCUT2D eigenvalue weighted by Gasteiger charge is -2.52. The van der Waals surface area contributed by atoms with Gasteiger partial charge in [0.2, 0.25) is 0 Å². The molecule has 1 aromatic rings. The second-order valence-electron chi connectivity index (χ2n) is 10.6. The van der Waals surface area contributed by atoms with E-state index < -0.39 is 43.3 Å². The summed E-state index contributed by atoms with van der Waals surface area (Å²) in [5.41, 5.74) is 0.351. The Labute approximate surface area is 214 Å². The van der Waals surface area contributed by atoms with Crippen molar-refractivity contribution in [1.82, 2.24) is 5.32 Å². The van der Waals surface area contributed by atoms with Crippen molar-refractivity contribution in [2.24, 2.45) is 17.3 Å². The molecule has 13 heteroatoms. The Balaban J connectivity index is 1.37. The molecule has 7 N–H and O–H groups in total. The van der Waals surface area contributed by atoms with Gasteiger partial charge >= 0.3 is 15.2 Å². The number of amides is 1. The first-order valence-corrected chi connectivity index (χ1v) is 16.7. The number of hydrogen-bond acceptors (Lipinski definition) is 6. The number of hydrogen-bond donors (Lipinski definition) is 7. The summed E-state index contributed by atoms with van der Waals surface area (Å²) < 4.78 is 22.8. The Kier molecular flexibility index (Phi) is 7.82. The minimum Gasteiger partial charge on any atom is -0.508 e. The molecule has 2 fully saturated rings. The third-order valence-corrected chi connectivity index (χ3v) is 14.1. The van der Waals surface area contributed by atoms with Crippen molar-refractivity contribution in [3.8, 4) is 5.75 Å². The molecule has 0 spiro atoms. The highest BCUT2D eigenvalue weighted by molar-refractivity contribution is 8.00. The van der Waals surface area contributed by atoms with E-state index in [9.17, 15) is 43.7 Å². The lowest BCUT2D eigenvalue weighted by molar-refractivity contribution is -0.159. The van der Waals surface area contributed by atoms with Crippen LogP contribution in [0, 0.1) is 17.3 Å². The van der Waals surface area contributed by atoms with Crippen LogP contribution in [-0.2, 0) is 20.3 Å². The fourth-order valence-corrected chi connectivity index (χ4v) is 11.3. The Morgan fingerprint density at radius 2 is 1.83 bits per heavy atom. The average Bonchev–Trinajstić information content (AvgIpc) is 3.05. The largest absolute Gasteiger partial charge is 0.508 e. The Morgan fingerprint density at radius 3 is 2.50 bits per heavy atom. The topological polar surface area (TPSA) is 185 Å². The summed E-state index contributed by atoms with van der Waals surface area (Å²) in [6, 6.07) is 5.59. The number of nitrogens with one attached hydrogen (secondary N) is 1. The van der Waals surface area contributed by atoms with Gasteiger partial charge in [0.1, 0.15) is 11.4 Å². The third kappa shape index (κ3) is 5.06. The Morgan fingerprint density at radius 1 is 1.14 bits per heavy atom. The van der Waals surface area contributed by atoms with Crippen LogP contribution in [0.25, 0.3) is 0 Å². The summed E-state index contributed by atoms with van der Waals surface area (Å²) in [6.07, 6.45) is 4.48. The maximum atomic E-state index is 13.2. The maximum Gasteiger partial charge on any atom is 0.341 e. The highest BCUT2D eigenvalue weighted by atomic mass is 32.2. The van der Waals surface area contributed by atoms with Crippen LogP contribution in [0.2, 0.25) is 0 Å². The van der Waals surface area contributed by atoms with E-state index in [-0.39, 0.29) is 24.0 Å². The molecule has 3 aliphatic carbocycles. The monoisotopic (exact) mass is 563 g/mol. The van der Waals surface area contributed by atoms with Gasteiger partial charge in [0, 0.05) is 23.5 Å². The van der Waals surface area contributed by atoms with Gasteiger partial charge in [-0.25, -0.2) is 0 Å². The zero-order valence-corrected chi connectivity index (χ0v) is 22.7. The molecular weight excluding hydrogens is 528 g/mol. The Hall–Kier alpha value is -0.900. The highest BCUT2D eigenvalue weighted by Gasteiger charge is 2.64. The highest BCUT2D eigenvalue weighted by Crippen LogP contribution is 2.64. The van der Waals surface area contributed by atoms with Gasteiger partial charge in [0.15, 0.2) is 5.40 Å². The van der Waals surface area contributed by atoms with Crippen LogP contribution >= 0.6 is 27.0 Å². The standard InChI is InChI=1S/C23H35NO9P2S/c1-22-8-6-17-16-5-3-15(25)12-14(16)2-4-18(17)19(22)7-9-23(22,27)21(26)24-10-11-36-13-20(34(28,29)30)35(31,32)33/h3,5,12,17-20,25,27H,2,4,6-11,13H2,1H3,(H,24,26)(H2,28,29,30)(H2,31,32,33)/t17?,18?,19?,22-,23-/m0/s1. The molecule has 2 saturated carbocycles. The molecule has 5 atom stereocenters. The van der Waals surface area contributed by atoms with Crippen LogP contribution in [0.1, 0.15) is 56.1 Å². The van der Waals surface area contributed by atoms with Gasteiger partial charge in [-0.1, -0.05) is 13.0 Å². The van der Waals surface area contributed by atoms with Crippen LogP contribution in [0.4, 0.5) is 0 Å². The average molecular weight is 564 g/mol. The number of aromatic hydroxyl groups is 1. The molecule has 4 rings (SSSR count). The number of thioether (sulfide) groups is 1. The van der Waals surface area contributed by atoms with E-state index in [1.54, 1.807) is 6.07 Å². The summed E-state index contributed by atoms with van der Waals surface area (Å²) in [7, 11) is -9.95. The van der Waals surface area contributed by atoms with E-state index in [1.165, 1.54) is 11.1 Å². The summed E-state index contributed by atoms with van der Waals surface area (Å²) in [6.45, 7) is 2.11. The predicted molar refractivity (Wildman–Crippen MR) is 136 cm³/mol. The first kappa shape index (κ1) is 28.1. The van der Waals surface area contributed by atoms with Crippen LogP contribution in [0.15, 0.2) is 18.2 Å². The number of aryl methyl sites for hydroxylation is 1. The van der Waals surface area contributed by atoms with E-state index >= 15 is 0 Å². The van der Waals surface area contributed by atoms with Crippen molar-refractivity contribution in [3.05, 3.63) is 29.3 Å². The summed E-state index contributed by atoms with van der Waals surface area (Å²) >= 11 is 0.931. The van der Waals surface area contributed by atoms with Crippen molar-refractivity contribution in [3.63, 3.8) is 0 Å². The molecule has 3 aliphatic rings. The van der Waals surface area contributed by atoms with Crippen LogP contribution < -0.4 is 5.32 Å². The molecule has 1 amide bonds. The van der Waals surface area contributed by atoms with Crippen molar-refractivity contribution in [2.75, 3.05) is 18.1 Å². The second kappa shape index (κ2) is 10.0. The van der Waals surface area contributed by atoms with Crippen LogP contribution in [0.5, 0.6) is 5.75 Å². The van der Waals surface area contributed by atoms with Crippen molar-refractivity contribution < 1.29 is 43.7 Å². The van der Waals surface area contributed by atoms with Gasteiger partial charge < -0.3 is 35.1 Å². The van der Waals surface area contributed by atoms with E-state index in [0.717, 1.165) is 37.4 Å². The lowest BCUT2D eigenvalue weighted by atomic mass is 9.53. The number of aliphatic hydroxyl groups is 1. The molecular formula is C23H35NO9P2S. The Bertz CT molecular complexity index is 1090. The van der Waals surface area contributed by atoms with Crippen molar-refractivity contribution in [2.45, 2.75) is 62.4 Å². The number of carbonyl (C=O) groups excluding carboxylic acids is 1. The van der Waals surface area contributed by atoms with E-state index in [2.05, 4.69) is 5.32 Å². The summed E-state index contributed by atoms with van der Waals surface area (Å²) in [5.74, 6) is 0.450. The summed E-state index contributed by atoms with van der Waals surface area (Å²) in [4.78, 5) is 50.0. The van der Waals surface area contributed by atoms with Gasteiger partial charge in [-0.2, -0.15) is 11.8 Å². The number of phenolic OH excluding ortho intramolecular Hbond substituents is 1. The first-order chi connectivity index (χ1) is 16.7. The summed E-state index contributed by atoms with van der Waals surface area (Å²) in [5, 5.41) is 22.2. The van der Waals surface area contributed by atoms with Gasteiger partial charge in [-0.3, -0.25) is 13.9 Å². The molecule has 0 aliphatic heterocycles. The molecule has 0 radical (unpaired) electrons. The number of fused-ring (bicyclic) bond motifs is 5. The smallest absolute Gasteiger partial charge is 0.341 e. The normalized spacial score (nSPS) is 32.0. The van der Waals surface area contributed by atoms with Crippen molar-refractivity contribution >= 4 is 32.9 Å². The quantitative estimate of drug-likeness (QED) is 0.183. The molecule has 3 unspecified atom stereocenters. The zero-order chi connectivity index (χ0) is 26.5. The molecule has 1 aromatic carbocycles. The van der Waals surface area contributed by atoms with E-state index in [4.69, 9.17) is 0 Å². The lowest BCUT2D eigenvalue weighted by Crippen LogP contribution is -2.58. The maximum absolute atomic E-state index is 13.2. The number of rotatable bonds is 8. The van der Waals surface area contributed by atoms with Gasteiger partial charge in [0.05, 0.1) is 0 Å². The fraction of sp³-hybridized carbons (Fsp3) is 0.696. The number of benzene rings is 1. The molecule has 0 aromatic heterocycles. The van der Waals surface area contributed by atoms with Crippen LogP contribution in [0.3, 0.4) is 0 Å². The molecule has 0 heterocycles. The first-order valence-electron chi connectivity index (χ1n) is 12.2. The molecule has 202 valence electrons. The number of phenols is 1. The molecule has 0 bridgehead atoms. The zero-order valence-electron chi connectivity index (χ0n) is 20.1. The molecule has 36 heavy (non-hydrogen) atoms.